The first-order valence-corrected chi connectivity index (χ1v) is 10.8. The normalized spacial score (nSPS) is 22.8. The Morgan fingerprint density at radius 3 is 2.94 bits per heavy atom. The molecule has 1 fully saturated rings. The van der Waals surface area contributed by atoms with Crippen LogP contribution in [0.25, 0.3) is 11.4 Å². The Kier molecular flexibility index (Phi) is 4.85. The number of hydrogen-bond donors (Lipinski definition) is 1. The maximum absolute atomic E-state index is 12.1. The number of cyclic esters (lactones) is 1. The molecule has 2 aromatic heterocycles. The molecule has 1 aromatic carbocycles. The summed E-state index contributed by atoms with van der Waals surface area (Å²) in [6.45, 7) is 5.70. The van der Waals surface area contributed by atoms with E-state index in [0.29, 0.717) is 41.4 Å². The first-order chi connectivity index (χ1) is 16.7. The van der Waals surface area contributed by atoms with Crippen LogP contribution in [-0.2, 0) is 17.8 Å². The highest BCUT2D eigenvalue weighted by atomic mass is 16.5. The van der Waals surface area contributed by atoms with Gasteiger partial charge >= 0.3 is 5.97 Å². The minimum absolute atomic E-state index is 0.0548. The van der Waals surface area contributed by atoms with Crippen molar-refractivity contribution >= 4 is 5.97 Å². The Morgan fingerprint density at radius 1 is 1.30 bits per heavy atom. The van der Waals surface area contributed by atoms with Crippen LogP contribution in [0.5, 0.6) is 0 Å². The summed E-state index contributed by atoms with van der Waals surface area (Å²) in [7, 11) is 0. The maximum Gasteiger partial charge on any atom is 0.338 e. The third-order valence-electron chi connectivity index (χ3n) is 6.24. The number of benzene rings is 1. The van der Waals surface area contributed by atoms with E-state index < -0.39 is 12.5 Å². The number of fused-ring (bicyclic) bond motifs is 1. The quantitative estimate of drug-likeness (QED) is 0.609. The number of nitrogens with zero attached hydrogens (tertiary/aromatic N) is 4. The van der Waals surface area contributed by atoms with Crippen molar-refractivity contribution in [3.05, 3.63) is 69.6 Å². The lowest BCUT2D eigenvalue weighted by Crippen LogP contribution is -2.50. The minimum atomic E-state index is -2.12. The van der Waals surface area contributed by atoms with Gasteiger partial charge in [-0.15, -0.1) is 0 Å². The van der Waals surface area contributed by atoms with Gasteiger partial charge in [0.25, 0.3) is 0 Å². The Hall–Kier alpha value is -3.54. The van der Waals surface area contributed by atoms with Crippen LogP contribution >= 0.6 is 0 Å². The van der Waals surface area contributed by atoms with E-state index in [1.54, 1.807) is 12.3 Å². The minimum Gasteiger partial charge on any atom is -0.457 e. The molecule has 1 N–H and O–H groups in total. The Balaban J connectivity index is 1.36. The van der Waals surface area contributed by atoms with Gasteiger partial charge < -0.3 is 14.6 Å². The predicted octanol–water partition coefficient (Wildman–Crippen LogP) is 3.43. The van der Waals surface area contributed by atoms with Crippen LogP contribution in [0.2, 0.25) is 0 Å². The molecule has 0 bridgehead atoms. The molecule has 2 aliphatic heterocycles. The molecule has 0 radical (unpaired) electrons. The number of rotatable bonds is 4. The van der Waals surface area contributed by atoms with Crippen LogP contribution in [-0.4, -0.2) is 40.1 Å². The fourth-order valence-corrected chi connectivity index (χ4v) is 4.59. The third-order valence-corrected chi connectivity index (χ3v) is 6.24. The van der Waals surface area contributed by atoms with Crippen molar-refractivity contribution in [1.82, 2.24) is 20.4 Å². The van der Waals surface area contributed by atoms with Crippen LogP contribution in [0, 0.1) is 25.2 Å². The lowest BCUT2D eigenvalue weighted by molar-refractivity contribution is 0.0535. The van der Waals surface area contributed by atoms with E-state index in [9.17, 15) is 4.79 Å². The van der Waals surface area contributed by atoms with E-state index in [-0.39, 0.29) is 17.6 Å². The van der Waals surface area contributed by atoms with Gasteiger partial charge in [0.05, 0.1) is 26.1 Å². The molecule has 8 heteroatoms. The second-order valence-electron chi connectivity index (χ2n) is 8.68. The zero-order valence-electron chi connectivity index (χ0n) is 20.7. The number of nitriles is 1. The highest BCUT2D eigenvalue weighted by molar-refractivity contribution is 5.94. The number of pyridine rings is 1. The molecule has 0 spiro atoms. The molecule has 1 saturated heterocycles. The van der Waals surface area contributed by atoms with Gasteiger partial charge in [0.1, 0.15) is 18.3 Å². The monoisotopic (exact) mass is 445 g/mol. The fraction of sp³-hybridized carbons (Fsp3) is 0.360. The first-order valence-electron chi connectivity index (χ1n) is 11.8. The highest BCUT2D eigenvalue weighted by Crippen LogP contribution is 2.31. The second kappa shape index (κ2) is 8.43. The van der Waals surface area contributed by atoms with Crippen LogP contribution in [0.1, 0.15) is 59.6 Å². The number of esters is 1. The standard InChI is InChI=1S/C25H25N5O3/c1-14-6-22(27-9-17(14)8-26)23-7-18(33-29-23)11-30-10-15(2)28-24(12-30)19-4-5-20-21(16(19)3)13-32-25(20)31/h4-7,9,15,24,28H,10-13H2,1-3H3/t15-,24-/m0/s1/i13D2. The number of aryl methyl sites for hydroxylation is 1. The van der Waals surface area contributed by atoms with Crippen molar-refractivity contribution in [2.24, 2.45) is 0 Å². The predicted molar refractivity (Wildman–Crippen MR) is 120 cm³/mol. The molecule has 5 rings (SSSR count). The number of piperazine rings is 1. The van der Waals surface area contributed by atoms with Gasteiger partial charge in [-0.25, -0.2) is 4.79 Å². The first kappa shape index (κ1) is 19.0. The molecule has 3 aromatic rings. The molecule has 0 saturated carbocycles. The van der Waals surface area contributed by atoms with E-state index in [1.807, 2.05) is 32.0 Å². The number of ether oxygens (including phenoxy) is 1. The summed E-state index contributed by atoms with van der Waals surface area (Å²) in [5.74, 6) is 0.0805. The fourth-order valence-electron chi connectivity index (χ4n) is 4.59. The second-order valence-corrected chi connectivity index (χ2v) is 8.68. The topological polar surface area (TPSA) is 104 Å². The third kappa shape index (κ3) is 4.01. The zero-order chi connectivity index (χ0) is 24.9. The molecule has 168 valence electrons. The molecular weight excluding hydrogens is 418 g/mol. The molecular formula is C25H25N5O3. The largest absolute Gasteiger partial charge is 0.457 e. The van der Waals surface area contributed by atoms with E-state index >= 15 is 0 Å². The smallest absolute Gasteiger partial charge is 0.338 e. The van der Waals surface area contributed by atoms with Crippen LogP contribution in [0.3, 0.4) is 0 Å². The molecule has 4 heterocycles. The molecule has 33 heavy (non-hydrogen) atoms. The number of carbonyl (C=O) groups is 1. The number of aromatic nitrogens is 2. The van der Waals surface area contributed by atoms with Crippen LogP contribution in [0.15, 0.2) is 35.0 Å². The average molecular weight is 446 g/mol. The van der Waals surface area contributed by atoms with Crippen molar-refractivity contribution in [3.8, 4) is 17.5 Å². The molecule has 2 atom stereocenters. The van der Waals surface area contributed by atoms with Gasteiger partial charge in [0, 0.05) is 43.0 Å². The summed E-state index contributed by atoms with van der Waals surface area (Å²) < 4.78 is 26.8. The summed E-state index contributed by atoms with van der Waals surface area (Å²) >= 11 is 0. The average Bonchev–Trinajstić information content (AvgIpc) is 3.35. The highest BCUT2D eigenvalue weighted by Gasteiger charge is 2.30. The van der Waals surface area contributed by atoms with Crippen molar-refractivity contribution < 1.29 is 16.8 Å². The molecule has 2 aliphatic rings. The van der Waals surface area contributed by atoms with E-state index in [0.717, 1.165) is 23.2 Å². The van der Waals surface area contributed by atoms with Crippen molar-refractivity contribution in [2.45, 2.75) is 46.0 Å². The van der Waals surface area contributed by atoms with E-state index in [4.69, 9.17) is 17.3 Å². The number of nitrogens with one attached hydrogen (secondary N) is 1. The summed E-state index contributed by atoms with van der Waals surface area (Å²) in [5.41, 5.74) is 4.92. The van der Waals surface area contributed by atoms with Crippen molar-refractivity contribution in [2.75, 3.05) is 13.1 Å². The zero-order valence-corrected chi connectivity index (χ0v) is 18.7. The Morgan fingerprint density at radius 2 is 2.15 bits per heavy atom. The lowest BCUT2D eigenvalue weighted by Gasteiger charge is -2.38. The number of carbonyl (C=O) groups excluding carboxylic acids is 1. The summed E-state index contributed by atoms with van der Waals surface area (Å²) in [5, 5.41) is 16.9. The van der Waals surface area contributed by atoms with Crippen molar-refractivity contribution in [1.29, 1.82) is 5.26 Å². The van der Waals surface area contributed by atoms with Gasteiger partial charge in [-0.3, -0.25) is 9.88 Å². The van der Waals surface area contributed by atoms with Gasteiger partial charge in [-0.1, -0.05) is 11.2 Å². The molecule has 0 aliphatic carbocycles. The van der Waals surface area contributed by atoms with Gasteiger partial charge in [0.2, 0.25) is 0 Å². The van der Waals surface area contributed by atoms with Crippen molar-refractivity contribution in [3.63, 3.8) is 0 Å². The Labute approximate surface area is 195 Å². The summed E-state index contributed by atoms with van der Waals surface area (Å²) in [6.07, 6.45) is 1.54. The van der Waals surface area contributed by atoms with E-state index in [2.05, 4.69) is 33.4 Å². The molecule has 0 unspecified atom stereocenters. The molecule has 0 amide bonds. The van der Waals surface area contributed by atoms with E-state index in [1.165, 1.54) is 0 Å². The maximum atomic E-state index is 12.1. The number of hydrogen-bond acceptors (Lipinski definition) is 8. The summed E-state index contributed by atoms with van der Waals surface area (Å²) in [4.78, 5) is 18.6. The summed E-state index contributed by atoms with van der Waals surface area (Å²) in [6, 6.07) is 9.48. The lowest BCUT2D eigenvalue weighted by atomic mass is 9.92. The van der Waals surface area contributed by atoms with Crippen LogP contribution < -0.4 is 5.32 Å². The van der Waals surface area contributed by atoms with Gasteiger partial charge in [0.15, 0.2) is 5.76 Å². The SMILES string of the molecule is [2H]C1([2H])OC(=O)c2ccc([C@@H]3CN(Cc4cc(-c5cc(C)c(C#N)cn5)no4)C[C@H](C)N3)c(C)c21. The Bertz CT molecular complexity index is 1360. The van der Waals surface area contributed by atoms with Crippen LogP contribution in [0.4, 0.5) is 0 Å². The molecule has 8 nitrogen and oxygen atoms in total. The van der Waals surface area contributed by atoms with Gasteiger partial charge in [-0.2, -0.15) is 5.26 Å². The van der Waals surface area contributed by atoms with Gasteiger partial charge in [-0.05, 0) is 49.6 Å².